The summed E-state index contributed by atoms with van der Waals surface area (Å²) in [4.78, 5) is 0.124. The van der Waals surface area contributed by atoms with Gasteiger partial charge in [0.1, 0.15) is 0 Å². The van der Waals surface area contributed by atoms with E-state index >= 15 is 0 Å². The van der Waals surface area contributed by atoms with Crippen LogP contribution in [0.3, 0.4) is 0 Å². The van der Waals surface area contributed by atoms with Gasteiger partial charge in [-0.05, 0) is 24.3 Å². The van der Waals surface area contributed by atoms with Crippen molar-refractivity contribution < 1.29 is 27.7 Å². The Kier molecular flexibility index (Phi) is 5.90. The van der Waals surface area contributed by atoms with Gasteiger partial charge in [0, 0.05) is 36.3 Å². The van der Waals surface area contributed by atoms with E-state index in [0.29, 0.717) is 22.9 Å². The molecule has 0 saturated carbocycles. The highest BCUT2D eigenvalue weighted by Gasteiger charge is 2.27. The molecule has 0 aliphatic rings. The van der Waals surface area contributed by atoms with Crippen molar-refractivity contribution in [1.82, 2.24) is 4.57 Å². The summed E-state index contributed by atoms with van der Waals surface area (Å²) >= 11 is 0. The number of aryl methyl sites for hydroxylation is 1. The Labute approximate surface area is 169 Å². The lowest BCUT2D eigenvalue weighted by Crippen LogP contribution is -2.33. The first-order valence-electron chi connectivity index (χ1n) is 8.86. The molecule has 0 spiro atoms. The number of aliphatic hydroxyl groups is 1. The quantitative estimate of drug-likeness (QED) is 0.602. The third-order valence-corrected chi connectivity index (χ3v) is 6.51. The Hall–Kier alpha value is -2.91. The molecule has 0 unspecified atom stereocenters. The summed E-state index contributed by atoms with van der Waals surface area (Å²) in [7, 11) is 2.31. The van der Waals surface area contributed by atoms with E-state index in [9.17, 15) is 13.5 Å². The van der Waals surface area contributed by atoms with E-state index in [0.717, 1.165) is 15.2 Å². The van der Waals surface area contributed by atoms with E-state index in [1.807, 2.05) is 23.9 Å². The van der Waals surface area contributed by atoms with Gasteiger partial charge in [0.15, 0.2) is 11.5 Å². The number of hydrogen-bond acceptors (Lipinski definition) is 6. The highest BCUT2D eigenvalue weighted by atomic mass is 32.2. The van der Waals surface area contributed by atoms with Crippen LogP contribution >= 0.6 is 0 Å². The van der Waals surface area contributed by atoms with Crippen LogP contribution in [-0.4, -0.2) is 52.6 Å². The summed E-state index contributed by atoms with van der Waals surface area (Å²) in [6.07, 6.45) is 1.87. The van der Waals surface area contributed by atoms with Gasteiger partial charge >= 0.3 is 0 Å². The molecule has 8 nitrogen and oxygen atoms in total. The highest BCUT2D eigenvalue weighted by molar-refractivity contribution is 7.92. The van der Waals surface area contributed by atoms with Crippen LogP contribution in [0.4, 0.5) is 5.69 Å². The average Bonchev–Trinajstić information content (AvgIpc) is 3.10. The lowest BCUT2D eigenvalue weighted by molar-refractivity contribution is 0.306. The number of methoxy groups -OCH3 is 3. The minimum absolute atomic E-state index is 0.124. The average molecular weight is 420 g/mol. The Morgan fingerprint density at radius 2 is 1.66 bits per heavy atom. The third kappa shape index (κ3) is 3.70. The lowest BCUT2D eigenvalue weighted by Gasteiger charge is -2.25. The van der Waals surface area contributed by atoms with Crippen LogP contribution < -0.4 is 18.5 Å². The molecule has 0 amide bonds. The van der Waals surface area contributed by atoms with Crippen molar-refractivity contribution >= 4 is 26.6 Å². The smallest absolute Gasteiger partial charge is 0.264 e. The number of rotatable bonds is 8. The molecule has 1 N–H and O–H groups in total. The van der Waals surface area contributed by atoms with Crippen molar-refractivity contribution in [3.63, 3.8) is 0 Å². The van der Waals surface area contributed by atoms with Crippen LogP contribution in [0.2, 0.25) is 0 Å². The van der Waals surface area contributed by atoms with Crippen molar-refractivity contribution in [2.75, 3.05) is 38.8 Å². The number of sulfonamides is 1. The number of aromatic nitrogens is 1. The summed E-state index contributed by atoms with van der Waals surface area (Å²) < 4.78 is 45.9. The fraction of sp³-hybridized carbons (Fsp3) is 0.300. The van der Waals surface area contributed by atoms with E-state index in [2.05, 4.69) is 0 Å². The van der Waals surface area contributed by atoms with Gasteiger partial charge in [-0.15, -0.1) is 0 Å². The van der Waals surface area contributed by atoms with Crippen molar-refractivity contribution in [1.29, 1.82) is 0 Å². The van der Waals surface area contributed by atoms with E-state index in [-0.39, 0.29) is 18.0 Å². The number of ether oxygens (including phenoxy) is 3. The zero-order valence-electron chi connectivity index (χ0n) is 16.7. The Morgan fingerprint density at radius 1 is 1.00 bits per heavy atom. The second-order valence-corrected chi connectivity index (χ2v) is 8.19. The van der Waals surface area contributed by atoms with Gasteiger partial charge in [-0.3, -0.25) is 4.31 Å². The standard InChI is InChI=1S/C20H24N2O6S/c1-21-8-7-14-11-16(5-6-17(14)21)29(24,25)22(9-10-23)15-12-18(26-2)20(28-4)19(13-15)27-3/h5-8,11-13,23H,9-10H2,1-4H3. The van der Waals surface area contributed by atoms with Crippen LogP contribution in [0.1, 0.15) is 0 Å². The van der Waals surface area contributed by atoms with Crippen molar-refractivity contribution in [2.24, 2.45) is 7.05 Å². The monoisotopic (exact) mass is 420 g/mol. The minimum atomic E-state index is -3.96. The molecule has 1 aromatic heterocycles. The number of fused-ring (bicyclic) bond motifs is 1. The molecule has 0 saturated heterocycles. The summed E-state index contributed by atoms with van der Waals surface area (Å²) in [5.74, 6) is 0.989. The lowest BCUT2D eigenvalue weighted by atomic mass is 10.2. The van der Waals surface area contributed by atoms with E-state index < -0.39 is 10.0 Å². The molecule has 0 aliphatic carbocycles. The van der Waals surface area contributed by atoms with Crippen molar-refractivity contribution in [2.45, 2.75) is 4.90 Å². The molecule has 3 aromatic rings. The number of nitrogens with zero attached hydrogens (tertiary/aromatic N) is 2. The fourth-order valence-corrected chi connectivity index (χ4v) is 4.71. The number of anilines is 1. The van der Waals surface area contributed by atoms with Gasteiger partial charge < -0.3 is 23.9 Å². The molecule has 1 heterocycles. The number of hydrogen-bond donors (Lipinski definition) is 1. The maximum absolute atomic E-state index is 13.4. The predicted octanol–water partition coefficient (Wildman–Crippen LogP) is 2.39. The summed E-state index contributed by atoms with van der Waals surface area (Å²) in [5.41, 5.74) is 1.21. The Bertz CT molecular complexity index is 1100. The van der Waals surface area contributed by atoms with E-state index in [4.69, 9.17) is 14.2 Å². The van der Waals surface area contributed by atoms with Crippen LogP contribution in [0.25, 0.3) is 10.9 Å². The van der Waals surface area contributed by atoms with Crippen LogP contribution in [-0.2, 0) is 17.1 Å². The molecular weight excluding hydrogens is 396 g/mol. The summed E-state index contributed by atoms with van der Waals surface area (Å²) in [5, 5.41) is 10.3. The van der Waals surface area contributed by atoms with Crippen molar-refractivity contribution in [3.8, 4) is 17.2 Å². The molecule has 0 radical (unpaired) electrons. The van der Waals surface area contributed by atoms with Gasteiger partial charge in [0.25, 0.3) is 10.0 Å². The highest BCUT2D eigenvalue weighted by Crippen LogP contribution is 2.42. The second kappa shape index (κ2) is 8.22. The van der Waals surface area contributed by atoms with Gasteiger partial charge in [0.2, 0.25) is 5.75 Å². The molecule has 29 heavy (non-hydrogen) atoms. The summed E-state index contributed by atoms with van der Waals surface area (Å²) in [6, 6.07) is 9.86. The normalized spacial score (nSPS) is 11.5. The Balaban J connectivity index is 2.15. The maximum atomic E-state index is 13.4. The molecule has 2 aromatic carbocycles. The largest absolute Gasteiger partial charge is 0.493 e. The Morgan fingerprint density at radius 3 is 2.21 bits per heavy atom. The second-order valence-electron chi connectivity index (χ2n) is 6.33. The van der Waals surface area contributed by atoms with E-state index in [1.54, 1.807) is 18.2 Å². The van der Waals surface area contributed by atoms with E-state index in [1.165, 1.54) is 33.5 Å². The first-order valence-corrected chi connectivity index (χ1v) is 10.3. The first-order chi connectivity index (χ1) is 13.9. The number of benzene rings is 2. The summed E-state index contributed by atoms with van der Waals surface area (Å²) in [6.45, 7) is -0.489. The SMILES string of the molecule is COc1cc(N(CCO)S(=O)(=O)c2ccc3c(ccn3C)c2)cc(OC)c1OC. The van der Waals surface area contributed by atoms with Gasteiger partial charge in [0.05, 0.1) is 45.1 Å². The van der Waals surface area contributed by atoms with Gasteiger partial charge in [-0.1, -0.05) is 0 Å². The van der Waals surface area contributed by atoms with Crippen LogP contribution in [0.5, 0.6) is 17.2 Å². The zero-order chi connectivity index (χ0) is 21.2. The topological polar surface area (TPSA) is 90.2 Å². The minimum Gasteiger partial charge on any atom is -0.493 e. The molecule has 9 heteroatoms. The molecule has 3 rings (SSSR count). The zero-order valence-corrected chi connectivity index (χ0v) is 17.6. The molecular formula is C20H24N2O6S. The maximum Gasteiger partial charge on any atom is 0.264 e. The number of aliphatic hydroxyl groups excluding tert-OH is 1. The van der Waals surface area contributed by atoms with Gasteiger partial charge in [-0.2, -0.15) is 0 Å². The predicted molar refractivity (Wildman–Crippen MR) is 111 cm³/mol. The molecule has 0 aliphatic heterocycles. The van der Waals surface area contributed by atoms with Crippen molar-refractivity contribution in [3.05, 3.63) is 42.6 Å². The van der Waals surface area contributed by atoms with Crippen LogP contribution in [0.15, 0.2) is 47.5 Å². The van der Waals surface area contributed by atoms with Crippen LogP contribution in [0, 0.1) is 0 Å². The van der Waals surface area contributed by atoms with Gasteiger partial charge in [-0.25, -0.2) is 8.42 Å². The molecule has 0 bridgehead atoms. The molecule has 0 fully saturated rings. The molecule has 0 atom stereocenters. The molecule has 156 valence electrons. The fourth-order valence-electron chi connectivity index (χ4n) is 3.24. The third-order valence-electron chi connectivity index (χ3n) is 4.69. The first kappa shape index (κ1) is 20.8.